The van der Waals surface area contributed by atoms with E-state index in [4.69, 9.17) is 4.74 Å². The van der Waals surface area contributed by atoms with Crippen LogP contribution in [-0.4, -0.2) is 92.4 Å². The molecule has 224 valence electrons. The summed E-state index contributed by atoms with van der Waals surface area (Å²) in [6, 6.07) is 4.82. The van der Waals surface area contributed by atoms with E-state index in [1.54, 1.807) is 4.90 Å². The van der Waals surface area contributed by atoms with Gasteiger partial charge in [-0.25, -0.2) is 0 Å². The SMILES string of the molecule is CC[C@H](C)[C@H]1C(=O)N2CCC[C@H]2[C@]2(O)O[C@](NC(=O)[C@@H]3C=C4c5cccc6[nH]cc(c56)C[C@@H]4N(C)C3)(C(C)C)C(=O)N12. The highest BCUT2D eigenvalue weighted by Crippen LogP contribution is 2.49. The third-order valence-electron chi connectivity index (χ3n) is 10.6. The number of benzene rings is 1. The van der Waals surface area contributed by atoms with Crippen LogP contribution in [0.2, 0.25) is 0 Å². The number of carbonyl (C=O) groups excluding carboxylic acids is 3. The van der Waals surface area contributed by atoms with Crippen LogP contribution in [0.4, 0.5) is 0 Å². The van der Waals surface area contributed by atoms with Gasteiger partial charge in [0.2, 0.25) is 17.5 Å². The molecule has 4 aliphatic heterocycles. The number of piperazine rings is 1. The molecule has 2 aromatic rings. The van der Waals surface area contributed by atoms with E-state index in [9.17, 15) is 19.5 Å². The number of nitrogens with one attached hydrogen (secondary N) is 2. The second-order valence-corrected chi connectivity index (χ2v) is 13.3. The number of carbonyl (C=O) groups is 3. The molecule has 3 fully saturated rings. The Labute approximate surface area is 246 Å². The zero-order valence-electron chi connectivity index (χ0n) is 25.0. The summed E-state index contributed by atoms with van der Waals surface area (Å²) in [5.41, 5.74) is 2.79. The van der Waals surface area contributed by atoms with E-state index in [0.29, 0.717) is 25.9 Å². The third kappa shape index (κ3) is 3.58. The van der Waals surface area contributed by atoms with E-state index in [1.807, 2.05) is 46.9 Å². The van der Waals surface area contributed by atoms with Crippen molar-refractivity contribution in [1.82, 2.24) is 25.0 Å². The molecule has 1 aliphatic carbocycles. The summed E-state index contributed by atoms with van der Waals surface area (Å²) in [4.78, 5) is 50.8. The number of likely N-dealkylation sites (N-methyl/N-ethyl adjacent to an activating group) is 1. The molecule has 3 amide bonds. The van der Waals surface area contributed by atoms with Crippen LogP contribution in [0.5, 0.6) is 0 Å². The standard InChI is InChI=1S/C32H41N5O5/c1-6-18(4)27-29(39)36-12-8-11-25(36)32(41)37(27)30(40)31(42-32,17(2)3)34-28(38)20-13-22-21-9-7-10-23-26(21)19(15-33-23)14-24(22)35(5)16-20/h7,9-10,13,15,17-18,20,24-25,27,33,41H,6,8,11-12,14,16H2,1-5H3,(H,34,38)/t18-,20+,24-,25-,27-,31+,32-/m0/s1. The van der Waals surface area contributed by atoms with Crippen molar-refractivity contribution in [2.24, 2.45) is 17.8 Å². The van der Waals surface area contributed by atoms with Crippen LogP contribution >= 0.6 is 0 Å². The summed E-state index contributed by atoms with van der Waals surface area (Å²) in [6.07, 6.45) is 6.87. The number of hydrogen-bond acceptors (Lipinski definition) is 6. The lowest BCUT2D eigenvalue weighted by Gasteiger charge is -2.50. The quantitative estimate of drug-likeness (QED) is 0.504. The Kier molecular flexibility index (Phi) is 6.18. The Hall–Kier alpha value is -3.21. The second-order valence-electron chi connectivity index (χ2n) is 13.3. The molecule has 7 atom stereocenters. The Balaban J connectivity index is 1.25. The highest BCUT2D eigenvalue weighted by atomic mass is 16.7. The van der Waals surface area contributed by atoms with Gasteiger partial charge in [0.1, 0.15) is 12.1 Å². The van der Waals surface area contributed by atoms with Crippen LogP contribution < -0.4 is 5.32 Å². The molecule has 0 unspecified atom stereocenters. The number of fused-ring (bicyclic) bond motifs is 5. The summed E-state index contributed by atoms with van der Waals surface area (Å²) in [5.74, 6) is -4.28. The van der Waals surface area contributed by atoms with Crippen molar-refractivity contribution in [1.29, 1.82) is 0 Å². The van der Waals surface area contributed by atoms with Gasteiger partial charge in [-0.3, -0.25) is 28.9 Å². The van der Waals surface area contributed by atoms with E-state index in [-0.39, 0.29) is 23.8 Å². The summed E-state index contributed by atoms with van der Waals surface area (Å²) in [7, 11) is 2.03. The van der Waals surface area contributed by atoms with Gasteiger partial charge in [-0.2, -0.15) is 0 Å². The summed E-state index contributed by atoms with van der Waals surface area (Å²) < 4.78 is 6.45. The van der Waals surface area contributed by atoms with Gasteiger partial charge in [-0.05, 0) is 55.0 Å². The van der Waals surface area contributed by atoms with E-state index >= 15 is 0 Å². The van der Waals surface area contributed by atoms with Gasteiger partial charge in [0.25, 0.3) is 11.8 Å². The smallest absolute Gasteiger partial charge is 0.281 e. The Morgan fingerprint density at radius 3 is 2.79 bits per heavy atom. The first-order valence-corrected chi connectivity index (χ1v) is 15.4. The molecule has 5 heterocycles. The monoisotopic (exact) mass is 575 g/mol. The first kappa shape index (κ1) is 27.6. The van der Waals surface area contributed by atoms with E-state index in [0.717, 1.165) is 29.5 Å². The number of hydrogen-bond donors (Lipinski definition) is 3. The Bertz CT molecular complexity index is 1520. The minimum Gasteiger partial charge on any atom is -0.361 e. The summed E-state index contributed by atoms with van der Waals surface area (Å²) in [6.45, 7) is 8.50. The number of aromatic nitrogens is 1. The molecular weight excluding hydrogens is 534 g/mol. The zero-order valence-corrected chi connectivity index (χ0v) is 25.0. The van der Waals surface area contributed by atoms with Gasteiger partial charge in [-0.1, -0.05) is 52.3 Å². The van der Waals surface area contributed by atoms with Crippen LogP contribution in [0, 0.1) is 17.8 Å². The van der Waals surface area contributed by atoms with Crippen molar-refractivity contribution in [2.45, 2.75) is 83.1 Å². The summed E-state index contributed by atoms with van der Waals surface area (Å²) >= 11 is 0. The second kappa shape index (κ2) is 9.39. The molecule has 42 heavy (non-hydrogen) atoms. The highest BCUT2D eigenvalue weighted by molar-refractivity contribution is 6.01. The van der Waals surface area contributed by atoms with Crippen molar-refractivity contribution in [2.75, 3.05) is 20.1 Å². The first-order valence-electron chi connectivity index (χ1n) is 15.4. The molecule has 1 aromatic carbocycles. The van der Waals surface area contributed by atoms with Gasteiger partial charge in [0.15, 0.2) is 0 Å². The minimum atomic E-state index is -2.01. The van der Waals surface area contributed by atoms with Gasteiger partial charge in [-0.15, -0.1) is 0 Å². The van der Waals surface area contributed by atoms with Gasteiger partial charge in [0.05, 0.1) is 5.92 Å². The molecule has 10 heteroatoms. The van der Waals surface area contributed by atoms with Crippen LogP contribution in [0.25, 0.3) is 16.5 Å². The molecule has 3 N–H and O–H groups in total. The molecule has 0 radical (unpaired) electrons. The van der Waals surface area contributed by atoms with Crippen molar-refractivity contribution < 1.29 is 24.2 Å². The maximum atomic E-state index is 14.4. The molecule has 10 nitrogen and oxygen atoms in total. The largest absolute Gasteiger partial charge is 0.361 e. The third-order valence-corrected chi connectivity index (χ3v) is 10.6. The molecule has 1 aromatic heterocycles. The molecule has 7 rings (SSSR count). The van der Waals surface area contributed by atoms with Crippen LogP contribution in [0.15, 0.2) is 30.5 Å². The molecule has 0 spiro atoms. The average Bonchev–Trinajstić information content (AvgIpc) is 3.68. The summed E-state index contributed by atoms with van der Waals surface area (Å²) in [5, 5.41) is 16.4. The molecule has 0 saturated carbocycles. The first-order chi connectivity index (χ1) is 20.0. The van der Waals surface area contributed by atoms with Crippen LogP contribution in [-0.2, 0) is 25.5 Å². The molecular formula is C32H41N5O5. The fraction of sp³-hybridized carbons (Fsp3) is 0.594. The lowest BCUT2D eigenvalue weighted by atomic mass is 9.79. The van der Waals surface area contributed by atoms with Crippen molar-refractivity contribution in [3.8, 4) is 0 Å². The van der Waals surface area contributed by atoms with Gasteiger partial charge < -0.3 is 20.3 Å². The topological polar surface area (TPSA) is 118 Å². The number of nitrogens with zero attached hydrogens (tertiary/aromatic N) is 3. The predicted molar refractivity (Wildman–Crippen MR) is 156 cm³/mol. The Morgan fingerprint density at radius 1 is 1.26 bits per heavy atom. The number of ether oxygens (including phenoxy) is 1. The van der Waals surface area contributed by atoms with Crippen LogP contribution in [0.1, 0.15) is 58.1 Å². The maximum absolute atomic E-state index is 14.4. The lowest BCUT2D eigenvalue weighted by Crippen LogP contribution is -2.72. The van der Waals surface area contributed by atoms with Crippen LogP contribution in [0.3, 0.4) is 0 Å². The number of rotatable bonds is 5. The van der Waals surface area contributed by atoms with E-state index < -0.39 is 41.5 Å². The number of aliphatic hydroxyl groups is 1. The van der Waals surface area contributed by atoms with Gasteiger partial charge >= 0.3 is 0 Å². The fourth-order valence-electron chi connectivity index (χ4n) is 8.11. The number of amides is 3. The molecule has 5 aliphatic rings. The molecule has 3 saturated heterocycles. The Morgan fingerprint density at radius 2 is 2.05 bits per heavy atom. The number of aromatic amines is 1. The zero-order chi connectivity index (χ0) is 29.7. The average molecular weight is 576 g/mol. The fourth-order valence-corrected chi connectivity index (χ4v) is 8.11. The highest BCUT2D eigenvalue weighted by Gasteiger charge is 2.72. The normalized spacial score (nSPS) is 34.9. The van der Waals surface area contributed by atoms with E-state index in [1.165, 1.54) is 15.8 Å². The lowest BCUT2D eigenvalue weighted by molar-refractivity contribution is -0.324. The van der Waals surface area contributed by atoms with Crippen molar-refractivity contribution in [3.05, 3.63) is 41.6 Å². The minimum absolute atomic E-state index is 0.150. The maximum Gasteiger partial charge on any atom is 0.281 e. The van der Waals surface area contributed by atoms with Crippen molar-refractivity contribution >= 4 is 34.2 Å². The van der Waals surface area contributed by atoms with E-state index in [2.05, 4.69) is 33.5 Å². The molecule has 0 bridgehead atoms. The number of H-pyrrole nitrogens is 1. The van der Waals surface area contributed by atoms with Crippen molar-refractivity contribution in [3.63, 3.8) is 0 Å². The predicted octanol–water partition coefficient (Wildman–Crippen LogP) is 2.43. The van der Waals surface area contributed by atoms with Gasteiger partial charge in [0, 0.05) is 42.1 Å².